The van der Waals surface area contributed by atoms with E-state index in [9.17, 15) is 9.59 Å². The Kier molecular flexibility index (Phi) is 4.71. The second kappa shape index (κ2) is 6.91. The number of carbonyl (C=O) groups excluding carboxylic acids is 2. The standard InChI is InChI=1S/C18H17NO2Se/c20-17-11-12-18(21)19(17)16(14-7-3-1-4-8-14)13-22-15-9-5-2-6-10-15/h1-10,16H,11-13H2. The molecular formula is C18H17NO2Se. The molecular weight excluding hydrogens is 341 g/mol. The average molecular weight is 358 g/mol. The molecule has 0 radical (unpaired) electrons. The molecule has 112 valence electrons. The number of rotatable bonds is 5. The fourth-order valence-corrected chi connectivity index (χ4v) is 4.81. The van der Waals surface area contributed by atoms with Crippen LogP contribution in [0.15, 0.2) is 60.7 Å². The first-order valence-electron chi connectivity index (χ1n) is 7.33. The number of nitrogens with zero attached hydrogens (tertiary/aromatic N) is 1. The molecule has 3 rings (SSSR count). The van der Waals surface area contributed by atoms with E-state index in [-0.39, 0.29) is 32.8 Å². The number of likely N-dealkylation sites (tertiary alicyclic amines) is 1. The first-order valence-corrected chi connectivity index (χ1v) is 9.40. The zero-order valence-electron chi connectivity index (χ0n) is 12.1. The molecule has 0 saturated carbocycles. The fraction of sp³-hybridized carbons (Fsp3) is 0.222. The third kappa shape index (κ3) is 3.29. The molecule has 1 saturated heterocycles. The Labute approximate surface area is 136 Å². The molecule has 2 aromatic rings. The fourth-order valence-electron chi connectivity index (χ4n) is 2.63. The van der Waals surface area contributed by atoms with Crippen molar-refractivity contribution in [2.24, 2.45) is 0 Å². The Morgan fingerprint density at radius 2 is 1.41 bits per heavy atom. The molecule has 0 aromatic heterocycles. The summed E-state index contributed by atoms with van der Waals surface area (Å²) in [4.78, 5) is 25.7. The minimum atomic E-state index is -0.135. The van der Waals surface area contributed by atoms with Gasteiger partial charge in [0.15, 0.2) is 0 Å². The van der Waals surface area contributed by atoms with Crippen molar-refractivity contribution in [2.45, 2.75) is 24.2 Å². The van der Waals surface area contributed by atoms with Crippen molar-refractivity contribution in [2.75, 3.05) is 0 Å². The molecule has 1 heterocycles. The van der Waals surface area contributed by atoms with E-state index in [1.165, 1.54) is 9.36 Å². The molecule has 1 aliphatic heterocycles. The van der Waals surface area contributed by atoms with Crippen molar-refractivity contribution < 1.29 is 9.59 Å². The Balaban J connectivity index is 1.83. The summed E-state index contributed by atoms with van der Waals surface area (Å²) in [5.74, 6) is -0.0783. The SMILES string of the molecule is O=C1CCC(=O)N1C(C[Se]c1ccccc1)c1ccccc1. The monoisotopic (exact) mass is 359 g/mol. The summed E-state index contributed by atoms with van der Waals surface area (Å²) in [6.45, 7) is 0. The van der Waals surface area contributed by atoms with E-state index in [0.29, 0.717) is 12.8 Å². The van der Waals surface area contributed by atoms with Crippen LogP contribution in [0, 0.1) is 0 Å². The normalized spacial score (nSPS) is 16.1. The molecule has 1 unspecified atom stereocenters. The van der Waals surface area contributed by atoms with Gasteiger partial charge in [0.25, 0.3) is 0 Å². The quantitative estimate of drug-likeness (QED) is 0.608. The Bertz CT molecular complexity index is 641. The Hall–Kier alpha value is -1.90. The van der Waals surface area contributed by atoms with Crippen LogP contribution in [0.1, 0.15) is 24.4 Å². The summed E-state index contributed by atoms with van der Waals surface area (Å²) >= 11 is 0.227. The van der Waals surface area contributed by atoms with Crippen molar-refractivity contribution in [3.8, 4) is 0 Å². The average Bonchev–Trinajstić information content (AvgIpc) is 2.89. The van der Waals surface area contributed by atoms with E-state index in [4.69, 9.17) is 0 Å². The summed E-state index contributed by atoms with van der Waals surface area (Å²) < 4.78 is 1.29. The zero-order chi connectivity index (χ0) is 15.4. The van der Waals surface area contributed by atoms with E-state index < -0.39 is 0 Å². The van der Waals surface area contributed by atoms with E-state index in [2.05, 4.69) is 12.1 Å². The van der Waals surface area contributed by atoms with Gasteiger partial charge in [-0.25, -0.2) is 0 Å². The first-order chi connectivity index (χ1) is 10.8. The number of hydrogen-bond donors (Lipinski definition) is 0. The summed E-state index contributed by atoms with van der Waals surface area (Å²) in [7, 11) is 0. The van der Waals surface area contributed by atoms with Crippen LogP contribution >= 0.6 is 0 Å². The van der Waals surface area contributed by atoms with E-state index >= 15 is 0 Å². The van der Waals surface area contributed by atoms with Gasteiger partial charge in [0.1, 0.15) is 0 Å². The van der Waals surface area contributed by atoms with Gasteiger partial charge in [0.2, 0.25) is 0 Å². The number of amides is 2. The maximum atomic E-state index is 12.1. The summed E-state index contributed by atoms with van der Waals surface area (Å²) in [5.41, 5.74) is 1.05. The van der Waals surface area contributed by atoms with E-state index in [0.717, 1.165) is 10.9 Å². The summed E-state index contributed by atoms with van der Waals surface area (Å²) in [6, 6.07) is 20.0. The van der Waals surface area contributed by atoms with Gasteiger partial charge in [-0.3, -0.25) is 0 Å². The molecule has 0 aliphatic carbocycles. The van der Waals surface area contributed by atoms with Crippen molar-refractivity contribution in [3.63, 3.8) is 0 Å². The van der Waals surface area contributed by atoms with Crippen LogP contribution in [0.4, 0.5) is 0 Å². The number of imide groups is 1. The molecule has 3 nitrogen and oxygen atoms in total. The molecule has 22 heavy (non-hydrogen) atoms. The van der Waals surface area contributed by atoms with Gasteiger partial charge in [0.05, 0.1) is 0 Å². The van der Waals surface area contributed by atoms with E-state index in [1.807, 2.05) is 48.5 Å². The predicted octanol–water partition coefficient (Wildman–Crippen LogP) is 2.32. The molecule has 1 atom stereocenters. The van der Waals surface area contributed by atoms with Gasteiger partial charge in [0, 0.05) is 0 Å². The van der Waals surface area contributed by atoms with Crippen molar-refractivity contribution in [1.82, 2.24) is 4.90 Å². The van der Waals surface area contributed by atoms with Crippen LogP contribution in [0.2, 0.25) is 5.32 Å². The number of carbonyl (C=O) groups is 2. The minimum absolute atomic E-state index is 0.0392. The topological polar surface area (TPSA) is 37.4 Å². The molecule has 2 aromatic carbocycles. The number of hydrogen-bond acceptors (Lipinski definition) is 2. The molecule has 0 spiro atoms. The van der Waals surface area contributed by atoms with Gasteiger partial charge in [-0.1, -0.05) is 0 Å². The van der Waals surface area contributed by atoms with Crippen LogP contribution in [0.25, 0.3) is 0 Å². The first kappa shape index (κ1) is 15.0. The Morgan fingerprint density at radius 1 is 0.864 bits per heavy atom. The maximum absolute atomic E-state index is 12.1. The molecule has 4 heteroatoms. The second-order valence-electron chi connectivity index (χ2n) is 5.21. The molecule has 2 amide bonds. The molecule has 1 fully saturated rings. The van der Waals surface area contributed by atoms with Crippen molar-refractivity contribution in [1.29, 1.82) is 0 Å². The van der Waals surface area contributed by atoms with E-state index in [1.54, 1.807) is 0 Å². The van der Waals surface area contributed by atoms with Gasteiger partial charge >= 0.3 is 136 Å². The summed E-state index contributed by atoms with van der Waals surface area (Å²) in [5, 5.41) is 0.818. The van der Waals surface area contributed by atoms with Crippen LogP contribution in [0.3, 0.4) is 0 Å². The second-order valence-corrected chi connectivity index (χ2v) is 7.50. The van der Waals surface area contributed by atoms with Crippen LogP contribution in [-0.2, 0) is 9.59 Å². The molecule has 1 aliphatic rings. The van der Waals surface area contributed by atoms with Crippen LogP contribution < -0.4 is 4.46 Å². The predicted molar refractivity (Wildman–Crippen MR) is 86.9 cm³/mol. The third-order valence-corrected chi connectivity index (χ3v) is 6.02. The van der Waals surface area contributed by atoms with Gasteiger partial charge in [-0.2, -0.15) is 0 Å². The van der Waals surface area contributed by atoms with Crippen LogP contribution in [-0.4, -0.2) is 31.7 Å². The molecule has 0 N–H and O–H groups in total. The zero-order valence-corrected chi connectivity index (χ0v) is 13.9. The number of benzene rings is 2. The summed E-state index contributed by atoms with van der Waals surface area (Å²) in [6.07, 6.45) is 0.695. The van der Waals surface area contributed by atoms with Gasteiger partial charge in [-0.05, 0) is 0 Å². The van der Waals surface area contributed by atoms with Gasteiger partial charge in [-0.15, -0.1) is 0 Å². The molecule has 0 bridgehead atoms. The van der Waals surface area contributed by atoms with Gasteiger partial charge < -0.3 is 0 Å². The Morgan fingerprint density at radius 3 is 2.00 bits per heavy atom. The third-order valence-electron chi connectivity index (χ3n) is 3.74. The van der Waals surface area contributed by atoms with Crippen LogP contribution in [0.5, 0.6) is 0 Å². The van der Waals surface area contributed by atoms with Crippen molar-refractivity contribution >= 4 is 31.2 Å². The van der Waals surface area contributed by atoms with Crippen molar-refractivity contribution in [3.05, 3.63) is 66.2 Å².